The van der Waals surface area contributed by atoms with Crippen molar-refractivity contribution < 1.29 is 15.0 Å². The van der Waals surface area contributed by atoms with E-state index in [0.717, 1.165) is 0 Å². The molecule has 1 aliphatic heterocycles. The van der Waals surface area contributed by atoms with Crippen LogP contribution in [-0.2, 0) is 4.79 Å². The van der Waals surface area contributed by atoms with E-state index in [1.54, 1.807) is 6.92 Å². The molecule has 0 aromatic carbocycles. The van der Waals surface area contributed by atoms with E-state index >= 15 is 0 Å². The first-order valence-electron chi connectivity index (χ1n) is 6.70. The number of likely N-dealkylation sites (N-methyl/N-ethyl adjacent to an activating group) is 1. The monoisotopic (exact) mass is 270 g/mol. The molecule has 0 radical (unpaired) electrons. The highest BCUT2D eigenvalue weighted by Crippen LogP contribution is 2.34. The van der Waals surface area contributed by atoms with E-state index in [9.17, 15) is 15.0 Å². The molecule has 0 bridgehead atoms. The van der Waals surface area contributed by atoms with Crippen LogP contribution in [0.4, 0.5) is 0 Å². The van der Waals surface area contributed by atoms with Gasteiger partial charge in [-0.25, -0.2) is 0 Å². The number of aliphatic hydroxyl groups is 2. The second-order valence-electron chi connectivity index (χ2n) is 5.75. The van der Waals surface area contributed by atoms with Gasteiger partial charge in [0.15, 0.2) is 0 Å². The Hall–Kier alpha value is -0.750. The predicted octanol–water partition coefficient (Wildman–Crippen LogP) is -0.0890. The van der Waals surface area contributed by atoms with Crippen molar-refractivity contribution in [2.75, 3.05) is 13.7 Å². The lowest BCUT2D eigenvalue weighted by atomic mass is 9.84. The zero-order valence-corrected chi connectivity index (χ0v) is 12.2. The van der Waals surface area contributed by atoms with Crippen molar-refractivity contribution in [1.82, 2.24) is 4.90 Å². The molecule has 0 aromatic rings. The van der Waals surface area contributed by atoms with Crippen LogP contribution >= 0.6 is 0 Å². The summed E-state index contributed by atoms with van der Waals surface area (Å²) in [5, 5.41) is 19.4. The summed E-state index contributed by atoms with van der Waals surface area (Å²) in [6.45, 7) is 4.63. The van der Waals surface area contributed by atoms with Crippen LogP contribution in [0.25, 0.3) is 0 Å². The molecule has 1 rings (SSSR count). The molecule has 5 heteroatoms. The number of carbonyl (C=O) groups is 1. The predicted molar refractivity (Wildman–Crippen MR) is 74.6 cm³/mol. The van der Waals surface area contributed by atoms with Gasteiger partial charge in [0.2, 0.25) is 0 Å². The molecular weight excluding hydrogens is 244 g/mol. The Balaban J connectivity index is 3.03. The third kappa shape index (κ3) is 3.23. The van der Waals surface area contributed by atoms with Crippen molar-refractivity contribution in [2.24, 2.45) is 11.7 Å². The number of likely N-dealkylation sites (tertiary alicyclic amines) is 1. The van der Waals surface area contributed by atoms with Crippen LogP contribution in [0.5, 0.6) is 0 Å². The third-order valence-corrected chi connectivity index (χ3v) is 4.21. The topological polar surface area (TPSA) is 86.8 Å². The van der Waals surface area contributed by atoms with Gasteiger partial charge < -0.3 is 15.9 Å². The number of ketones is 1. The third-order valence-electron chi connectivity index (χ3n) is 4.21. The maximum absolute atomic E-state index is 11.7. The van der Waals surface area contributed by atoms with Gasteiger partial charge in [0.25, 0.3) is 0 Å². The van der Waals surface area contributed by atoms with Crippen molar-refractivity contribution in [3.8, 4) is 0 Å². The molecule has 19 heavy (non-hydrogen) atoms. The highest BCUT2D eigenvalue weighted by Gasteiger charge is 2.47. The van der Waals surface area contributed by atoms with Crippen LogP contribution in [0.1, 0.15) is 27.2 Å². The molecule has 1 saturated heterocycles. The van der Waals surface area contributed by atoms with E-state index in [-0.39, 0.29) is 23.8 Å². The van der Waals surface area contributed by atoms with Gasteiger partial charge in [-0.05, 0) is 40.2 Å². The summed E-state index contributed by atoms with van der Waals surface area (Å²) in [5.41, 5.74) is 4.79. The normalized spacial score (nSPS) is 33.5. The minimum absolute atomic E-state index is 0.107. The van der Waals surface area contributed by atoms with Gasteiger partial charge in [-0.3, -0.25) is 9.69 Å². The molecular formula is C14H26N2O3. The molecule has 0 aliphatic carbocycles. The first kappa shape index (κ1) is 16.3. The first-order valence-corrected chi connectivity index (χ1v) is 6.70. The van der Waals surface area contributed by atoms with Crippen molar-refractivity contribution in [1.29, 1.82) is 0 Å². The van der Waals surface area contributed by atoms with E-state index < -0.39 is 18.2 Å². The largest absolute Gasteiger partial charge is 0.393 e. The molecule has 1 heterocycles. The fourth-order valence-electron chi connectivity index (χ4n) is 2.96. The van der Waals surface area contributed by atoms with Gasteiger partial charge >= 0.3 is 0 Å². The quantitative estimate of drug-likeness (QED) is 0.608. The molecule has 0 aromatic heterocycles. The summed E-state index contributed by atoms with van der Waals surface area (Å²) >= 11 is 0. The molecule has 1 aliphatic rings. The number of aliphatic hydroxyl groups excluding tert-OH is 1. The van der Waals surface area contributed by atoms with E-state index in [0.29, 0.717) is 6.42 Å². The second-order valence-corrected chi connectivity index (χ2v) is 5.75. The Morgan fingerprint density at radius 1 is 1.63 bits per heavy atom. The molecule has 1 fully saturated rings. The van der Waals surface area contributed by atoms with E-state index in [1.165, 1.54) is 6.92 Å². The van der Waals surface area contributed by atoms with Gasteiger partial charge in [-0.15, -0.1) is 0 Å². The van der Waals surface area contributed by atoms with Crippen LogP contribution in [0, 0.1) is 5.92 Å². The van der Waals surface area contributed by atoms with Crippen LogP contribution in [-0.4, -0.2) is 58.3 Å². The van der Waals surface area contributed by atoms with Gasteiger partial charge in [-0.1, -0.05) is 12.2 Å². The number of nitrogens with zero attached hydrogens (tertiary/aromatic N) is 1. The average Bonchev–Trinajstić information content (AvgIpc) is 2.66. The molecule has 5 nitrogen and oxygen atoms in total. The standard InChI is InChI=1S/C14H26N2O3/c1-5-6-10-7-11(9(2)18)16(4)12(10)13(15)14(3,19)8-17/h5-6,10-13,17,19H,7-8,15H2,1-4H3/b6-5-/t10-,11-,12-,13-,14+/m1/s1. The fourth-order valence-corrected chi connectivity index (χ4v) is 2.96. The number of Topliss-reactive ketones (excluding diaryl/α,β-unsaturated/α-hetero) is 1. The smallest absolute Gasteiger partial charge is 0.146 e. The number of hydrogen-bond donors (Lipinski definition) is 3. The first-order chi connectivity index (χ1) is 8.76. The zero-order valence-electron chi connectivity index (χ0n) is 12.2. The SMILES string of the molecule is C/C=C\[C@@H]1C[C@H](C(C)=O)N(C)[C@H]1[C@@H](N)[C@@](C)(O)CO. The number of carbonyl (C=O) groups excluding carboxylic acids is 1. The minimum Gasteiger partial charge on any atom is -0.393 e. The Morgan fingerprint density at radius 2 is 2.21 bits per heavy atom. The lowest BCUT2D eigenvalue weighted by Crippen LogP contribution is -2.60. The summed E-state index contributed by atoms with van der Waals surface area (Å²) in [6, 6.07) is -0.952. The van der Waals surface area contributed by atoms with Crippen LogP contribution in [0.15, 0.2) is 12.2 Å². The number of rotatable bonds is 5. The van der Waals surface area contributed by atoms with Crippen molar-refractivity contribution in [2.45, 2.75) is 50.9 Å². The van der Waals surface area contributed by atoms with E-state index in [2.05, 4.69) is 0 Å². The Bertz CT molecular complexity index is 355. The van der Waals surface area contributed by atoms with Gasteiger partial charge in [0.1, 0.15) is 11.4 Å². The van der Waals surface area contributed by atoms with E-state index in [1.807, 2.05) is 31.0 Å². The molecule has 5 atom stereocenters. The molecule has 0 saturated carbocycles. The lowest BCUT2D eigenvalue weighted by Gasteiger charge is -2.38. The Labute approximate surface area is 115 Å². The summed E-state index contributed by atoms with van der Waals surface area (Å²) < 4.78 is 0. The molecule has 0 spiro atoms. The van der Waals surface area contributed by atoms with Gasteiger partial charge in [0, 0.05) is 6.04 Å². The number of nitrogens with two attached hydrogens (primary N) is 1. The number of allylic oxidation sites excluding steroid dienone is 1. The number of hydrogen-bond acceptors (Lipinski definition) is 5. The van der Waals surface area contributed by atoms with Crippen LogP contribution in [0.2, 0.25) is 0 Å². The summed E-state index contributed by atoms with van der Waals surface area (Å²) in [6.07, 6.45) is 4.67. The second kappa shape index (κ2) is 6.13. The van der Waals surface area contributed by atoms with Crippen LogP contribution in [0.3, 0.4) is 0 Å². The highest BCUT2D eigenvalue weighted by molar-refractivity contribution is 5.81. The highest BCUT2D eigenvalue weighted by atomic mass is 16.3. The summed E-state index contributed by atoms with van der Waals surface area (Å²) in [4.78, 5) is 13.6. The Morgan fingerprint density at radius 3 is 2.63 bits per heavy atom. The zero-order chi connectivity index (χ0) is 14.8. The van der Waals surface area contributed by atoms with Gasteiger partial charge in [0.05, 0.1) is 18.7 Å². The molecule has 0 amide bonds. The maximum atomic E-state index is 11.7. The minimum atomic E-state index is -1.36. The van der Waals surface area contributed by atoms with E-state index in [4.69, 9.17) is 5.73 Å². The maximum Gasteiger partial charge on any atom is 0.146 e. The molecule has 110 valence electrons. The molecule has 0 unspecified atom stereocenters. The lowest BCUT2D eigenvalue weighted by molar-refractivity contribution is -0.121. The Kier molecular flexibility index (Phi) is 5.26. The fraction of sp³-hybridized carbons (Fsp3) is 0.786. The molecule has 4 N–H and O–H groups in total. The summed E-state index contributed by atoms with van der Waals surface area (Å²) in [7, 11) is 1.85. The average molecular weight is 270 g/mol. The van der Waals surface area contributed by atoms with Crippen molar-refractivity contribution in [3.05, 3.63) is 12.2 Å². The summed E-state index contributed by atoms with van der Waals surface area (Å²) in [5.74, 6) is 0.215. The van der Waals surface area contributed by atoms with Crippen molar-refractivity contribution in [3.63, 3.8) is 0 Å². The van der Waals surface area contributed by atoms with Crippen molar-refractivity contribution >= 4 is 5.78 Å². The van der Waals surface area contributed by atoms with Crippen LogP contribution < -0.4 is 5.73 Å². The van der Waals surface area contributed by atoms with Gasteiger partial charge in [-0.2, -0.15) is 0 Å².